The molecule has 0 saturated carbocycles. The van der Waals surface area contributed by atoms with E-state index in [9.17, 15) is 9.59 Å². The first-order valence-electron chi connectivity index (χ1n) is 3.62. The fraction of sp³-hybridized carbons (Fsp3) is 0.714. The van der Waals surface area contributed by atoms with E-state index in [1.807, 2.05) is 13.8 Å². The molecule has 0 aromatic carbocycles. The van der Waals surface area contributed by atoms with Gasteiger partial charge >= 0.3 is 6.03 Å². The zero-order valence-electron chi connectivity index (χ0n) is 6.92. The van der Waals surface area contributed by atoms with Crippen molar-refractivity contribution in [1.29, 1.82) is 0 Å². The summed E-state index contributed by atoms with van der Waals surface area (Å²) >= 11 is 0. The van der Waals surface area contributed by atoms with E-state index < -0.39 is 0 Å². The van der Waals surface area contributed by atoms with E-state index in [0.717, 1.165) is 4.90 Å². The molecule has 1 aliphatic heterocycles. The van der Waals surface area contributed by atoms with Crippen molar-refractivity contribution in [2.75, 3.05) is 7.05 Å². The fourth-order valence-electron chi connectivity index (χ4n) is 1.05. The molecule has 1 aliphatic rings. The summed E-state index contributed by atoms with van der Waals surface area (Å²) in [7, 11) is 1.49. The van der Waals surface area contributed by atoms with E-state index in [2.05, 4.69) is 5.32 Å². The molecule has 1 fully saturated rings. The van der Waals surface area contributed by atoms with Crippen LogP contribution in [0, 0.1) is 5.92 Å². The number of rotatable bonds is 1. The van der Waals surface area contributed by atoms with Gasteiger partial charge < -0.3 is 5.32 Å². The minimum absolute atomic E-state index is 0.134. The Bertz CT molecular complexity index is 201. The Hall–Kier alpha value is -1.06. The highest BCUT2D eigenvalue weighted by atomic mass is 16.2. The third-order valence-corrected chi connectivity index (χ3v) is 1.85. The topological polar surface area (TPSA) is 49.4 Å². The van der Waals surface area contributed by atoms with Crippen LogP contribution in [0.4, 0.5) is 4.79 Å². The molecule has 11 heavy (non-hydrogen) atoms. The highest BCUT2D eigenvalue weighted by Gasteiger charge is 2.36. The second-order valence-corrected chi connectivity index (χ2v) is 3.07. The van der Waals surface area contributed by atoms with E-state index in [1.165, 1.54) is 7.05 Å². The maximum absolute atomic E-state index is 11.2. The number of imide groups is 1. The summed E-state index contributed by atoms with van der Waals surface area (Å²) in [6.45, 7) is 3.81. The number of likely N-dealkylation sites (N-methyl/N-ethyl adjacent to an activating group) is 1. The number of urea groups is 1. The molecular weight excluding hydrogens is 144 g/mol. The molecule has 1 N–H and O–H groups in total. The molecule has 3 amide bonds. The fourth-order valence-corrected chi connectivity index (χ4v) is 1.05. The van der Waals surface area contributed by atoms with Gasteiger partial charge in [0.25, 0.3) is 5.91 Å². The van der Waals surface area contributed by atoms with Crippen LogP contribution in [0.15, 0.2) is 0 Å². The van der Waals surface area contributed by atoms with Gasteiger partial charge in [0.1, 0.15) is 6.04 Å². The van der Waals surface area contributed by atoms with Gasteiger partial charge in [0.2, 0.25) is 0 Å². The van der Waals surface area contributed by atoms with Crippen LogP contribution < -0.4 is 5.32 Å². The Morgan fingerprint density at radius 3 is 2.18 bits per heavy atom. The molecule has 62 valence electrons. The maximum Gasteiger partial charge on any atom is 0.324 e. The normalized spacial score (nSPS) is 24.7. The summed E-state index contributed by atoms with van der Waals surface area (Å²) in [4.78, 5) is 23.2. The summed E-state index contributed by atoms with van der Waals surface area (Å²) in [5.41, 5.74) is 0. The lowest BCUT2D eigenvalue weighted by Gasteiger charge is -2.10. The first kappa shape index (κ1) is 8.04. The number of carbonyl (C=O) groups excluding carboxylic acids is 2. The van der Waals surface area contributed by atoms with Crippen molar-refractivity contribution in [1.82, 2.24) is 10.2 Å². The molecule has 4 nitrogen and oxygen atoms in total. The van der Waals surface area contributed by atoms with Crippen LogP contribution in [0.3, 0.4) is 0 Å². The van der Waals surface area contributed by atoms with Gasteiger partial charge in [-0.2, -0.15) is 0 Å². The Morgan fingerprint density at radius 1 is 1.45 bits per heavy atom. The van der Waals surface area contributed by atoms with Crippen molar-refractivity contribution in [2.24, 2.45) is 5.92 Å². The average Bonchev–Trinajstić information content (AvgIpc) is 2.17. The summed E-state index contributed by atoms with van der Waals surface area (Å²) < 4.78 is 0. The van der Waals surface area contributed by atoms with Crippen LogP contribution in [0.5, 0.6) is 0 Å². The number of nitrogens with one attached hydrogen (secondary N) is 1. The number of carbonyl (C=O) groups is 2. The Labute approximate surface area is 65.6 Å². The molecule has 0 aliphatic carbocycles. The van der Waals surface area contributed by atoms with Gasteiger partial charge in [0.05, 0.1) is 0 Å². The van der Waals surface area contributed by atoms with Gasteiger partial charge in [-0.1, -0.05) is 13.8 Å². The van der Waals surface area contributed by atoms with Crippen LogP contribution in [0.1, 0.15) is 13.8 Å². The van der Waals surface area contributed by atoms with E-state index in [1.54, 1.807) is 0 Å². The first-order chi connectivity index (χ1) is 5.04. The van der Waals surface area contributed by atoms with Crippen LogP contribution in [-0.2, 0) is 4.79 Å². The Kier molecular flexibility index (Phi) is 1.85. The van der Waals surface area contributed by atoms with Gasteiger partial charge in [-0.15, -0.1) is 0 Å². The quantitative estimate of drug-likeness (QED) is 0.551. The summed E-state index contributed by atoms with van der Waals surface area (Å²) in [6, 6.07) is -0.624. The Balaban J connectivity index is 2.75. The molecule has 1 unspecified atom stereocenters. The lowest BCUT2D eigenvalue weighted by Crippen LogP contribution is -2.34. The molecular formula is C7H12N2O2. The largest absolute Gasteiger partial charge is 0.326 e. The lowest BCUT2D eigenvalue weighted by atomic mass is 10.1. The van der Waals surface area contributed by atoms with Gasteiger partial charge in [-0.05, 0) is 5.92 Å². The third-order valence-electron chi connectivity index (χ3n) is 1.85. The van der Waals surface area contributed by atoms with Gasteiger partial charge in [0, 0.05) is 7.05 Å². The predicted octanol–water partition coefficient (Wildman–Crippen LogP) is 0.193. The molecule has 0 aromatic rings. The second kappa shape index (κ2) is 2.53. The van der Waals surface area contributed by atoms with E-state index >= 15 is 0 Å². The minimum atomic E-state index is -0.326. The van der Waals surface area contributed by atoms with Crippen molar-refractivity contribution in [3.8, 4) is 0 Å². The van der Waals surface area contributed by atoms with Crippen molar-refractivity contribution in [2.45, 2.75) is 19.9 Å². The van der Waals surface area contributed by atoms with E-state index in [-0.39, 0.29) is 23.9 Å². The van der Waals surface area contributed by atoms with Crippen LogP contribution in [0.2, 0.25) is 0 Å². The molecule has 1 heterocycles. The number of nitrogens with zero attached hydrogens (tertiary/aromatic N) is 1. The zero-order valence-corrected chi connectivity index (χ0v) is 6.92. The molecule has 0 bridgehead atoms. The standard InChI is InChI=1S/C7H12N2O2/c1-4(2)5-6(10)9(3)7(11)8-5/h4-5H,1-3H3,(H,8,11). The third kappa shape index (κ3) is 1.20. The molecule has 1 atom stereocenters. The molecule has 0 aromatic heterocycles. The highest BCUT2D eigenvalue weighted by molar-refractivity contribution is 6.03. The van der Waals surface area contributed by atoms with Crippen molar-refractivity contribution in [3.63, 3.8) is 0 Å². The number of amides is 3. The van der Waals surface area contributed by atoms with E-state index in [0.29, 0.717) is 0 Å². The number of hydrogen-bond acceptors (Lipinski definition) is 2. The first-order valence-corrected chi connectivity index (χ1v) is 3.62. The van der Waals surface area contributed by atoms with Crippen molar-refractivity contribution < 1.29 is 9.59 Å². The molecule has 4 heteroatoms. The number of hydrogen-bond donors (Lipinski definition) is 1. The molecule has 0 spiro atoms. The smallest absolute Gasteiger partial charge is 0.324 e. The summed E-state index contributed by atoms with van der Waals surface area (Å²) in [5, 5.41) is 2.59. The van der Waals surface area contributed by atoms with Crippen LogP contribution >= 0.6 is 0 Å². The minimum Gasteiger partial charge on any atom is -0.326 e. The molecule has 0 radical (unpaired) electrons. The predicted molar refractivity (Wildman–Crippen MR) is 39.9 cm³/mol. The summed E-state index contributed by atoms with van der Waals surface area (Å²) in [6.07, 6.45) is 0. The molecule has 1 rings (SSSR count). The SMILES string of the molecule is CC(C)C1NC(=O)N(C)C1=O. The highest BCUT2D eigenvalue weighted by Crippen LogP contribution is 2.11. The van der Waals surface area contributed by atoms with Gasteiger partial charge in [-0.25, -0.2) is 4.79 Å². The monoisotopic (exact) mass is 156 g/mol. The van der Waals surface area contributed by atoms with Crippen molar-refractivity contribution in [3.05, 3.63) is 0 Å². The summed E-state index contributed by atoms with van der Waals surface area (Å²) in [5.74, 6) is 0.0291. The van der Waals surface area contributed by atoms with E-state index in [4.69, 9.17) is 0 Å². The average molecular weight is 156 g/mol. The van der Waals surface area contributed by atoms with Crippen LogP contribution in [-0.4, -0.2) is 29.9 Å². The Morgan fingerprint density at radius 2 is 2.00 bits per heavy atom. The van der Waals surface area contributed by atoms with Gasteiger partial charge in [-0.3, -0.25) is 9.69 Å². The lowest BCUT2D eigenvalue weighted by molar-refractivity contribution is -0.127. The van der Waals surface area contributed by atoms with Gasteiger partial charge in [0.15, 0.2) is 0 Å². The zero-order chi connectivity index (χ0) is 8.59. The van der Waals surface area contributed by atoms with Crippen molar-refractivity contribution >= 4 is 11.9 Å². The maximum atomic E-state index is 11.2. The molecule has 1 saturated heterocycles. The second-order valence-electron chi connectivity index (χ2n) is 3.07. The van der Waals surface area contributed by atoms with Crippen LogP contribution in [0.25, 0.3) is 0 Å².